The van der Waals surface area contributed by atoms with Gasteiger partial charge in [0.05, 0.1) is 13.2 Å². The van der Waals surface area contributed by atoms with Crippen molar-refractivity contribution in [3.8, 4) is 0 Å². The number of amides is 1. The van der Waals surface area contributed by atoms with E-state index in [0.29, 0.717) is 26.3 Å². The number of hydrogen-bond acceptors (Lipinski definition) is 3. The molecule has 0 bridgehead atoms. The van der Waals surface area contributed by atoms with Crippen LogP contribution in [0.3, 0.4) is 0 Å². The van der Waals surface area contributed by atoms with Crippen LogP contribution in [0.5, 0.6) is 0 Å². The fourth-order valence-corrected chi connectivity index (χ4v) is 3.34. The predicted octanol–water partition coefficient (Wildman–Crippen LogP) is 2.82. The fourth-order valence-electron chi connectivity index (χ4n) is 3.34. The lowest BCUT2D eigenvalue weighted by Gasteiger charge is -2.37. The van der Waals surface area contributed by atoms with Crippen LogP contribution in [0.1, 0.15) is 23.2 Å². The van der Waals surface area contributed by atoms with Crippen LogP contribution in [0.25, 0.3) is 10.8 Å². The van der Waals surface area contributed by atoms with Crippen molar-refractivity contribution in [2.24, 2.45) is 0 Å². The Labute approximate surface area is 129 Å². The highest BCUT2D eigenvalue weighted by Crippen LogP contribution is 2.31. The topological polar surface area (TPSA) is 38.8 Å². The monoisotopic (exact) mass is 297 g/mol. The van der Waals surface area contributed by atoms with E-state index in [4.69, 9.17) is 9.47 Å². The summed E-state index contributed by atoms with van der Waals surface area (Å²) in [4.78, 5) is 14.6. The van der Waals surface area contributed by atoms with Crippen LogP contribution in [0.15, 0.2) is 42.5 Å². The zero-order chi connectivity index (χ0) is 15.0. The van der Waals surface area contributed by atoms with E-state index in [1.165, 1.54) is 0 Å². The zero-order valence-electron chi connectivity index (χ0n) is 12.5. The van der Waals surface area contributed by atoms with Gasteiger partial charge in [0.2, 0.25) is 0 Å². The Morgan fingerprint density at radius 1 is 0.955 bits per heavy atom. The van der Waals surface area contributed by atoms with Crippen molar-refractivity contribution in [2.75, 3.05) is 26.3 Å². The second kappa shape index (κ2) is 5.38. The van der Waals surface area contributed by atoms with Gasteiger partial charge in [0, 0.05) is 31.5 Å². The Morgan fingerprint density at radius 2 is 1.64 bits per heavy atom. The summed E-state index contributed by atoms with van der Waals surface area (Å²) in [5.74, 6) is -0.334. The van der Waals surface area contributed by atoms with Gasteiger partial charge in [-0.05, 0) is 22.9 Å². The molecule has 0 radical (unpaired) electrons. The van der Waals surface area contributed by atoms with Gasteiger partial charge in [-0.3, -0.25) is 4.79 Å². The average molecular weight is 297 g/mol. The molecule has 0 aliphatic carbocycles. The Kier molecular flexibility index (Phi) is 3.36. The van der Waals surface area contributed by atoms with Gasteiger partial charge in [-0.15, -0.1) is 0 Å². The first-order valence-corrected chi connectivity index (χ1v) is 7.82. The number of hydrogen-bond donors (Lipinski definition) is 0. The summed E-state index contributed by atoms with van der Waals surface area (Å²) in [6.45, 7) is 2.70. The van der Waals surface area contributed by atoms with E-state index in [0.717, 1.165) is 29.2 Å². The molecule has 2 aliphatic heterocycles. The van der Waals surface area contributed by atoms with Gasteiger partial charge >= 0.3 is 0 Å². The SMILES string of the molecule is O=C(c1ccc2ccccc2c1)N1CCC2(CC1)OCCO2. The molecule has 2 aliphatic rings. The Balaban J connectivity index is 1.51. The van der Waals surface area contributed by atoms with Crippen LogP contribution in [-0.4, -0.2) is 42.9 Å². The molecule has 114 valence electrons. The van der Waals surface area contributed by atoms with Crippen molar-refractivity contribution in [1.82, 2.24) is 4.90 Å². The van der Waals surface area contributed by atoms with E-state index in [9.17, 15) is 4.79 Å². The quantitative estimate of drug-likeness (QED) is 0.812. The van der Waals surface area contributed by atoms with E-state index in [2.05, 4.69) is 6.07 Å². The standard InChI is InChI=1S/C18H19NO3/c20-17(16-6-5-14-3-1-2-4-15(14)13-16)19-9-7-18(8-10-19)21-11-12-22-18/h1-6,13H,7-12H2. The summed E-state index contributed by atoms with van der Waals surface area (Å²) in [5.41, 5.74) is 0.753. The van der Waals surface area contributed by atoms with Gasteiger partial charge in [0.15, 0.2) is 5.79 Å². The number of piperidine rings is 1. The van der Waals surface area contributed by atoms with E-state index >= 15 is 0 Å². The van der Waals surface area contributed by atoms with Crippen LogP contribution in [-0.2, 0) is 9.47 Å². The number of benzene rings is 2. The van der Waals surface area contributed by atoms with E-state index in [1.54, 1.807) is 0 Å². The lowest BCUT2D eigenvalue weighted by Crippen LogP contribution is -2.47. The Morgan fingerprint density at radius 3 is 2.36 bits per heavy atom. The summed E-state index contributed by atoms with van der Waals surface area (Å²) < 4.78 is 11.4. The molecule has 2 aromatic rings. The second-order valence-corrected chi connectivity index (χ2v) is 5.96. The molecule has 4 heteroatoms. The van der Waals surface area contributed by atoms with Crippen LogP contribution in [0.4, 0.5) is 0 Å². The first-order valence-electron chi connectivity index (χ1n) is 7.82. The van der Waals surface area contributed by atoms with Gasteiger partial charge in [0.1, 0.15) is 0 Å². The summed E-state index contributed by atoms with van der Waals surface area (Å²) in [5, 5.41) is 2.26. The van der Waals surface area contributed by atoms with E-state index < -0.39 is 5.79 Å². The van der Waals surface area contributed by atoms with Gasteiger partial charge < -0.3 is 14.4 Å². The smallest absolute Gasteiger partial charge is 0.253 e. The Hall–Kier alpha value is -1.91. The number of rotatable bonds is 1. The van der Waals surface area contributed by atoms with Crippen molar-refractivity contribution in [1.29, 1.82) is 0 Å². The first-order chi connectivity index (χ1) is 10.8. The number of ether oxygens (including phenoxy) is 2. The molecule has 1 amide bonds. The molecule has 2 heterocycles. The molecule has 0 aromatic heterocycles. The fraction of sp³-hybridized carbons (Fsp3) is 0.389. The van der Waals surface area contributed by atoms with Gasteiger partial charge in [-0.1, -0.05) is 30.3 Å². The second-order valence-electron chi connectivity index (χ2n) is 5.96. The van der Waals surface area contributed by atoms with Crippen molar-refractivity contribution in [3.63, 3.8) is 0 Å². The summed E-state index contributed by atoms with van der Waals surface area (Å²) in [7, 11) is 0. The molecule has 0 N–H and O–H groups in total. The lowest BCUT2D eigenvalue weighted by atomic mass is 10.0. The van der Waals surface area contributed by atoms with Gasteiger partial charge in [0.25, 0.3) is 5.91 Å². The molecule has 0 unspecified atom stereocenters. The molecule has 0 saturated carbocycles. The van der Waals surface area contributed by atoms with Crippen molar-refractivity contribution in [3.05, 3.63) is 48.0 Å². The van der Waals surface area contributed by atoms with Crippen LogP contribution < -0.4 is 0 Å². The number of carbonyl (C=O) groups excluding carboxylic acids is 1. The molecule has 0 atom stereocenters. The maximum atomic E-state index is 12.7. The maximum absolute atomic E-state index is 12.7. The van der Waals surface area contributed by atoms with Crippen molar-refractivity contribution in [2.45, 2.75) is 18.6 Å². The van der Waals surface area contributed by atoms with Crippen LogP contribution in [0, 0.1) is 0 Å². The molecule has 4 rings (SSSR count). The van der Waals surface area contributed by atoms with Crippen molar-refractivity contribution >= 4 is 16.7 Å². The number of carbonyl (C=O) groups is 1. The first kappa shape index (κ1) is 13.7. The van der Waals surface area contributed by atoms with Crippen LogP contribution in [0.2, 0.25) is 0 Å². The third-order valence-electron chi connectivity index (χ3n) is 4.62. The molecule has 2 aromatic carbocycles. The lowest BCUT2D eigenvalue weighted by molar-refractivity contribution is -0.181. The van der Waals surface area contributed by atoms with E-state index in [-0.39, 0.29) is 5.91 Å². The highest BCUT2D eigenvalue weighted by Gasteiger charge is 2.40. The molecule has 2 saturated heterocycles. The molecular formula is C18H19NO3. The van der Waals surface area contributed by atoms with Crippen LogP contribution >= 0.6 is 0 Å². The summed E-state index contributed by atoms with van der Waals surface area (Å²) in [6.07, 6.45) is 1.51. The van der Waals surface area contributed by atoms with Gasteiger partial charge in [-0.25, -0.2) is 0 Å². The Bertz CT molecular complexity index is 696. The number of nitrogens with zero attached hydrogens (tertiary/aromatic N) is 1. The maximum Gasteiger partial charge on any atom is 0.253 e. The molecule has 2 fully saturated rings. The largest absolute Gasteiger partial charge is 0.347 e. The third-order valence-corrected chi connectivity index (χ3v) is 4.62. The molecular weight excluding hydrogens is 278 g/mol. The van der Waals surface area contributed by atoms with Gasteiger partial charge in [-0.2, -0.15) is 0 Å². The summed E-state index contributed by atoms with van der Waals surface area (Å²) >= 11 is 0. The molecule has 4 nitrogen and oxygen atoms in total. The zero-order valence-corrected chi connectivity index (χ0v) is 12.5. The normalized spacial score (nSPS) is 20.6. The minimum atomic E-state index is -0.430. The predicted molar refractivity (Wildman–Crippen MR) is 83.7 cm³/mol. The summed E-state index contributed by atoms with van der Waals surface area (Å²) in [6, 6.07) is 14.0. The minimum absolute atomic E-state index is 0.0959. The average Bonchev–Trinajstić information content (AvgIpc) is 3.02. The minimum Gasteiger partial charge on any atom is -0.347 e. The van der Waals surface area contributed by atoms with E-state index in [1.807, 2.05) is 41.3 Å². The highest BCUT2D eigenvalue weighted by molar-refractivity contribution is 5.98. The molecule has 22 heavy (non-hydrogen) atoms. The van der Waals surface area contributed by atoms with Crippen molar-refractivity contribution < 1.29 is 14.3 Å². The third kappa shape index (κ3) is 2.38. The highest BCUT2D eigenvalue weighted by atomic mass is 16.7. The number of fused-ring (bicyclic) bond motifs is 1. The molecule has 1 spiro atoms. The number of likely N-dealkylation sites (tertiary alicyclic amines) is 1.